The van der Waals surface area contributed by atoms with Gasteiger partial charge in [-0.05, 0) is 6.58 Å². The molecule has 0 bridgehead atoms. The van der Waals surface area contributed by atoms with Crippen molar-refractivity contribution in [2.45, 2.75) is 4.90 Å². The van der Waals surface area contributed by atoms with Crippen LogP contribution in [-0.2, 0) is 10.1 Å². The molecule has 1 unspecified atom stereocenters. The fourth-order valence-electron chi connectivity index (χ4n) is 0.839. The van der Waals surface area contributed by atoms with Crippen molar-refractivity contribution in [3.8, 4) is 0 Å². The summed E-state index contributed by atoms with van der Waals surface area (Å²) in [5.41, 5.74) is 0. The minimum absolute atomic E-state index is 0.889. The fourth-order valence-corrected chi connectivity index (χ4v) is 1.93. The van der Waals surface area contributed by atoms with E-state index in [4.69, 9.17) is 10.7 Å². The Morgan fingerprint density at radius 1 is 0.867 bits per heavy atom. The maximum Gasteiger partial charge on any atom is 0.257 e. The van der Waals surface area contributed by atoms with E-state index in [0.29, 0.717) is 0 Å². The molecule has 0 aliphatic rings. The van der Waals surface area contributed by atoms with Crippen LogP contribution in [0.5, 0.6) is 0 Å². The lowest BCUT2D eigenvalue weighted by atomic mass is 10.3. The van der Waals surface area contributed by atoms with Crippen molar-refractivity contribution in [1.82, 2.24) is 0 Å². The first kappa shape index (κ1) is 12.3. The summed E-state index contributed by atoms with van der Waals surface area (Å²) in [7, 11) is 3.62. The first-order valence-corrected chi connectivity index (χ1v) is 5.56. The summed E-state index contributed by atoms with van der Waals surface area (Å²) >= 11 is 0. The van der Waals surface area contributed by atoms with Crippen LogP contribution in [0.15, 0.2) is 16.9 Å². The second-order valence-corrected chi connectivity index (χ2v) is 4.66. The standard InChI is InChI=1S/C8H3ClF5S/c1-2-15(9)8-6(13)4(11)3(10)5(12)7(8)14/h2H,1H2/q+1. The lowest BCUT2D eigenvalue weighted by Gasteiger charge is -2.02. The maximum absolute atomic E-state index is 13.0. The highest BCUT2D eigenvalue weighted by atomic mass is 35.7. The average molecular weight is 262 g/mol. The van der Waals surface area contributed by atoms with E-state index in [0.717, 1.165) is 5.41 Å². The van der Waals surface area contributed by atoms with Gasteiger partial charge in [-0.1, -0.05) is 0 Å². The Morgan fingerprint density at radius 3 is 1.53 bits per heavy atom. The smallest absolute Gasteiger partial charge is 0.200 e. The molecule has 1 aromatic rings. The molecule has 0 spiro atoms. The molecular weight excluding hydrogens is 259 g/mol. The molecule has 15 heavy (non-hydrogen) atoms. The Bertz CT molecular complexity index is 391. The summed E-state index contributed by atoms with van der Waals surface area (Å²) in [5, 5.41) is 0.889. The topological polar surface area (TPSA) is 0 Å². The van der Waals surface area contributed by atoms with Crippen molar-refractivity contribution in [3.63, 3.8) is 0 Å². The third-order valence-electron chi connectivity index (χ3n) is 1.51. The molecule has 1 aromatic carbocycles. The second kappa shape index (κ2) is 4.40. The van der Waals surface area contributed by atoms with Gasteiger partial charge in [-0.15, -0.1) is 0 Å². The van der Waals surface area contributed by atoms with Gasteiger partial charge in [0.2, 0.25) is 29.1 Å². The van der Waals surface area contributed by atoms with Crippen molar-refractivity contribution in [1.29, 1.82) is 0 Å². The summed E-state index contributed by atoms with van der Waals surface area (Å²) in [6.07, 6.45) is 0. The van der Waals surface area contributed by atoms with Crippen molar-refractivity contribution in [2.75, 3.05) is 0 Å². The quantitative estimate of drug-likeness (QED) is 0.330. The molecule has 0 fully saturated rings. The van der Waals surface area contributed by atoms with Crippen LogP contribution >= 0.6 is 10.7 Å². The SMILES string of the molecule is C=C[S+](Cl)c1c(F)c(F)c(F)c(F)c1F. The molecule has 0 aliphatic carbocycles. The lowest BCUT2D eigenvalue weighted by Crippen LogP contribution is -2.08. The van der Waals surface area contributed by atoms with Gasteiger partial charge in [-0.3, -0.25) is 0 Å². The van der Waals surface area contributed by atoms with Crippen LogP contribution in [0.3, 0.4) is 0 Å². The largest absolute Gasteiger partial charge is 0.257 e. The number of halogens is 6. The number of hydrogen-bond acceptors (Lipinski definition) is 0. The molecular formula is C8H3ClF5S+. The second-order valence-electron chi connectivity index (χ2n) is 2.35. The Morgan fingerprint density at radius 2 is 1.20 bits per heavy atom. The van der Waals surface area contributed by atoms with Crippen LogP contribution in [-0.4, -0.2) is 0 Å². The number of hydrogen-bond donors (Lipinski definition) is 0. The molecule has 0 saturated carbocycles. The molecule has 0 heterocycles. The van der Waals surface area contributed by atoms with Gasteiger partial charge >= 0.3 is 0 Å². The minimum atomic E-state index is -2.20. The van der Waals surface area contributed by atoms with E-state index >= 15 is 0 Å². The highest BCUT2D eigenvalue weighted by Crippen LogP contribution is 2.30. The highest BCUT2D eigenvalue weighted by Gasteiger charge is 2.35. The van der Waals surface area contributed by atoms with Crippen molar-refractivity contribution >= 4 is 20.8 Å². The Hall–Kier alpha value is -0.750. The van der Waals surface area contributed by atoms with Crippen LogP contribution < -0.4 is 0 Å². The molecule has 1 rings (SSSR count). The van der Waals surface area contributed by atoms with E-state index in [1.54, 1.807) is 0 Å². The van der Waals surface area contributed by atoms with E-state index in [1.807, 2.05) is 0 Å². The van der Waals surface area contributed by atoms with Gasteiger partial charge in [0.25, 0.3) is 4.90 Å². The molecule has 0 N–H and O–H groups in total. The maximum atomic E-state index is 13.0. The number of benzene rings is 1. The Kier molecular flexibility index (Phi) is 3.62. The monoisotopic (exact) mass is 261 g/mol. The van der Waals surface area contributed by atoms with Gasteiger partial charge in [0, 0.05) is 0 Å². The lowest BCUT2D eigenvalue weighted by molar-refractivity contribution is 0.360. The van der Waals surface area contributed by atoms with Gasteiger partial charge in [0.15, 0.2) is 20.8 Å². The summed E-state index contributed by atoms with van der Waals surface area (Å²) in [6.45, 7) is 3.11. The zero-order valence-corrected chi connectivity index (χ0v) is 8.53. The van der Waals surface area contributed by atoms with Crippen molar-refractivity contribution in [3.05, 3.63) is 41.1 Å². The normalized spacial score (nSPS) is 12.7. The zero-order chi connectivity index (χ0) is 11.7. The molecule has 82 valence electrons. The van der Waals surface area contributed by atoms with Gasteiger partial charge in [0.1, 0.15) is 5.41 Å². The van der Waals surface area contributed by atoms with Crippen LogP contribution in [0.2, 0.25) is 0 Å². The van der Waals surface area contributed by atoms with E-state index in [9.17, 15) is 22.0 Å². The third kappa shape index (κ3) is 1.96. The summed E-state index contributed by atoms with van der Waals surface area (Å²) in [5.74, 6) is -10.1. The molecule has 0 radical (unpaired) electrons. The molecule has 0 nitrogen and oxygen atoms in total. The van der Waals surface area contributed by atoms with Crippen molar-refractivity contribution in [2.24, 2.45) is 0 Å². The van der Waals surface area contributed by atoms with Crippen LogP contribution in [0.1, 0.15) is 0 Å². The summed E-state index contributed by atoms with van der Waals surface area (Å²) in [6, 6.07) is 0. The van der Waals surface area contributed by atoms with Gasteiger partial charge < -0.3 is 0 Å². The first-order chi connectivity index (χ1) is 6.91. The van der Waals surface area contributed by atoms with Gasteiger partial charge in [-0.25, -0.2) is 13.2 Å². The van der Waals surface area contributed by atoms with Gasteiger partial charge in [0.05, 0.1) is 0 Å². The van der Waals surface area contributed by atoms with E-state index in [1.165, 1.54) is 0 Å². The molecule has 0 saturated heterocycles. The Balaban J connectivity index is 3.59. The highest BCUT2D eigenvalue weighted by molar-refractivity contribution is 8.20. The minimum Gasteiger partial charge on any atom is -0.200 e. The molecule has 7 heteroatoms. The summed E-state index contributed by atoms with van der Waals surface area (Å²) < 4.78 is 63.9. The summed E-state index contributed by atoms with van der Waals surface area (Å²) in [4.78, 5) is -1.07. The van der Waals surface area contributed by atoms with Crippen LogP contribution in [0, 0.1) is 29.1 Å². The average Bonchev–Trinajstić information content (AvgIpc) is 2.23. The first-order valence-electron chi connectivity index (χ1n) is 3.45. The van der Waals surface area contributed by atoms with E-state index < -0.39 is 44.1 Å². The molecule has 0 aromatic heterocycles. The van der Waals surface area contributed by atoms with Gasteiger partial charge in [-0.2, -0.15) is 8.78 Å². The third-order valence-corrected chi connectivity index (χ3v) is 3.39. The van der Waals surface area contributed by atoms with Crippen LogP contribution in [0.25, 0.3) is 0 Å². The number of rotatable bonds is 2. The molecule has 1 atom stereocenters. The fraction of sp³-hybridized carbons (Fsp3) is 0. The van der Waals surface area contributed by atoms with E-state index in [-0.39, 0.29) is 0 Å². The predicted molar refractivity (Wildman–Crippen MR) is 47.9 cm³/mol. The molecule has 0 aliphatic heterocycles. The zero-order valence-electron chi connectivity index (χ0n) is 6.96. The van der Waals surface area contributed by atoms with Crippen molar-refractivity contribution < 1.29 is 22.0 Å². The van der Waals surface area contributed by atoms with Crippen LogP contribution in [0.4, 0.5) is 22.0 Å². The predicted octanol–water partition coefficient (Wildman–Crippen LogP) is 3.66. The Labute approximate surface area is 89.2 Å². The molecule has 0 amide bonds. The van der Waals surface area contributed by atoms with E-state index in [2.05, 4.69) is 6.58 Å².